The highest BCUT2D eigenvalue weighted by molar-refractivity contribution is 7.99. The molecule has 0 amide bonds. The minimum Gasteiger partial charge on any atom is -0.412 e. The topological polar surface area (TPSA) is 38.9 Å². The van der Waals surface area contributed by atoms with Crippen LogP contribution in [0.25, 0.3) is 12.2 Å². The van der Waals surface area contributed by atoms with Crippen molar-refractivity contribution in [2.45, 2.75) is 10.1 Å². The summed E-state index contributed by atoms with van der Waals surface area (Å²) in [7, 11) is 0. The molecule has 104 valence electrons. The smallest absolute Gasteiger partial charge is 0.281 e. The van der Waals surface area contributed by atoms with E-state index in [0.29, 0.717) is 16.1 Å². The first kappa shape index (κ1) is 13.9. The number of halogens is 1. The van der Waals surface area contributed by atoms with Gasteiger partial charge in [0, 0.05) is 16.0 Å². The average molecular weight is 315 g/mol. The van der Waals surface area contributed by atoms with Crippen molar-refractivity contribution in [1.82, 2.24) is 10.2 Å². The molecule has 5 heteroatoms. The van der Waals surface area contributed by atoms with Crippen molar-refractivity contribution in [2.75, 3.05) is 0 Å². The summed E-state index contributed by atoms with van der Waals surface area (Å²) >= 11 is 7.25. The molecule has 1 heterocycles. The van der Waals surface area contributed by atoms with Crippen molar-refractivity contribution in [3.05, 3.63) is 71.1 Å². The maximum atomic E-state index is 5.85. The molecule has 2 aromatic carbocycles. The van der Waals surface area contributed by atoms with Gasteiger partial charge in [0.05, 0.1) is 0 Å². The SMILES string of the molecule is Clc1ccc(Sc2nnc(/C=C/c3ccccc3)o2)cc1. The third kappa shape index (κ3) is 3.97. The molecule has 1 aromatic heterocycles. The van der Waals surface area contributed by atoms with E-state index in [4.69, 9.17) is 16.0 Å². The van der Waals surface area contributed by atoms with Crippen LogP contribution in [0, 0.1) is 0 Å². The first-order valence-corrected chi connectivity index (χ1v) is 7.49. The second-order valence-corrected chi connectivity index (χ2v) is 5.67. The summed E-state index contributed by atoms with van der Waals surface area (Å²) in [6, 6.07) is 17.4. The Morgan fingerprint density at radius 3 is 2.43 bits per heavy atom. The van der Waals surface area contributed by atoms with Crippen LogP contribution in [-0.2, 0) is 0 Å². The number of nitrogens with zero attached hydrogens (tertiary/aromatic N) is 2. The predicted octanol–water partition coefficient (Wildman–Crippen LogP) is 5.04. The molecular formula is C16H11ClN2OS. The summed E-state index contributed by atoms with van der Waals surface area (Å²) in [6.07, 6.45) is 3.73. The minimum atomic E-state index is 0.482. The summed E-state index contributed by atoms with van der Waals surface area (Å²) in [5, 5.41) is 9.21. The van der Waals surface area contributed by atoms with Gasteiger partial charge in [-0.3, -0.25) is 0 Å². The van der Waals surface area contributed by atoms with Crippen LogP contribution in [0.3, 0.4) is 0 Å². The van der Waals surface area contributed by atoms with Crippen molar-refractivity contribution in [3.8, 4) is 0 Å². The number of hydrogen-bond acceptors (Lipinski definition) is 4. The van der Waals surface area contributed by atoms with Crippen molar-refractivity contribution in [1.29, 1.82) is 0 Å². The molecule has 0 saturated carbocycles. The Morgan fingerprint density at radius 1 is 0.905 bits per heavy atom. The Bertz CT molecular complexity index is 738. The largest absolute Gasteiger partial charge is 0.412 e. The standard InChI is InChI=1S/C16H11ClN2OS/c17-13-7-9-14(10-8-13)21-16-19-18-15(20-16)11-6-12-4-2-1-3-5-12/h1-11H/b11-6+. The summed E-state index contributed by atoms with van der Waals surface area (Å²) in [5.41, 5.74) is 1.09. The van der Waals surface area contributed by atoms with Crippen LogP contribution in [-0.4, -0.2) is 10.2 Å². The van der Waals surface area contributed by atoms with Crippen LogP contribution in [0.4, 0.5) is 0 Å². The minimum absolute atomic E-state index is 0.482. The van der Waals surface area contributed by atoms with E-state index < -0.39 is 0 Å². The fraction of sp³-hybridized carbons (Fsp3) is 0. The van der Waals surface area contributed by atoms with E-state index in [2.05, 4.69) is 10.2 Å². The summed E-state index contributed by atoms with van der Waals surface area (Å²) in [4.78, 5) is 1.00. The van der Waals surface area contributed by atoms with Gasteiger partial charge in [-0.1, -0.05) is 41.9 Å². The second-order valence-electron chi connectivity index (χ2n) is 4.21. The maximum Gasteiger partial charge on any atom is 0.281 e. The lowest BCUT2D eigenvalue weighted by Gasteiger charge is -1.95. The van der Waals surface area contributed by atoms with Crippen LogP contribution in [0.15, 0.2) is 69.1 Å². The molecule has 0 N–H and O–H groups in total. The molecule has 0 fully saturated rings. The normalized spacial score (nSPS) is 11.1. The van der Waals surface area contributed by atoms with Crippen molar-refractivity contribution in [3.63, 3.8) is 0 Å². The Morgan fingerprint density at radius 2 is 1.67 bits per heavy atom. The molecule has 0 saturated heterocycles. The van der Waals surface area contributed by atoms with E-state index in [9.17, 15) is 0 Å². The van der Waals surface area contributed by atoms with Gasteiger partial charge in [0.15, 0.2) is 0 Å². The van der Waals surface area contributed by atoms with Gasteiger partial charge in [-0.15, -0.1) is 10.2 Å². The maximum absolute atomic E-state index is 5.85. The quantitative estimate of drug-likeness (QED) is 0.676. The van der Waals surface area contributed by atoms with E-state index in [1.807, 2.05) is 60.7 Å². The van der Waals surface area contributed by atoms with Crippen LogP contribution in [0.2, 0.25) is 5.02 Å². The molecule has 0 aliphatic rings. The molecule has 0 aliphatic carbocycles. The second kappa shape index (κ2) is 6.61. The number of benzene rings is 2. The van der Waals surface area contributed by atoms with Gasteiger partial charge in [0.25, 0.3) is 5.22 Å². The Hall–Kier alpha value is -2.04. The molecule has 0 atom stereocenters. The molecular weight excluding hydrogens is 304 g/mol. The molecule has 0 unspecified atom stereocenters. The fourth-order valence-electron chi connectivity index (χ4n) is 1.66. The van der Waals surface area contributed by atoms with Crippen LogP contribution >= 0.6 is 23.4 Å². The average Bonchev–Trinajstić information content (AvgIpc) is 2.96. The van der Waals surface area contributed by atoms with E-state index in [-0.39, 0.29) is 0 Å². The Balaban J connectivity index is 1.69. The fourth-order valence-corrected chi connectivity index (χ4v) is 2.47. The summed E-state index contributed by atoms with van der Waals surface area (Å²) in [6.45, 7) is 0. The van der Waals surface area contributed by atoms with Gasteiger partial charge in [0.1, 0.15) is 0 Å². The van der Waals surface area contributed by atoms with Gasteiger partial charge < -0.3 is 4.42 Å². The van der Waals surface area contributed by atoms with E-state index in [0.717, 1.165) is 10.5 Å². The first-order valence-electron chi connectivity index (χ1n) is 6.30. The Labute approximate surface area is 131 Å². The van der Waals surface area contributed by atoms with Crippen LogP contribution in [0.1, 0.15) is 11.5 Å². The number of aromatic nitrogens is 2. The van der Waals surface area contributed by atoms with E-state index >= 15 is 0 Å². The highest BCUT2D eigenvalue weighted by Crippen LogP contribution is 2.27. The zero-order valence-corrected chi connectivity index (χ0v) is 12.5. The molecule has 3 aromatic rings. The summed E-state index contributed by atoms with van der Waals surface area (Å²) in [5.74, 6) is 0.482. The lowest BCUT2D eigenvalue weighted by atomic mass is 10.2. The highest BCUT2D eigenvalue weighted by atomic mass is 35.5. The third-order valence-electron chi connectivity index (χ3n) is 2.66. The first-order chi connectivity index (χ1) is 10.3. The zero-order valence-electron chi connectivity index (χ0n) is 10.9. The zero-order chi connectivity index (χ0) is 14.5. The molecule has 21 heavy (non-hydrogen) atoms. The highest BCUT2D eigenvalue weighted by Gasteiger charge is 2.05. The van der Waals surface area contributed by atoms with Crippen molar-refractivity contribution >= 4 is 35.5 Å². The lowest BCUT2D eigenvalue weighted by Crippen LogP contribution is -1.73. The molecule has 3 rings (SSSR count). The molecule has 0 aliphatic heterocycles. The predicted molar refractivity (Wildman–Crippen MR) is 85.2 cm³/mol. The number of rotatable bonds is 4. The van der Waals surface area contributed by atoms with E-state index in [1.54, 1.807) is 6.08 Å². The molecule has 0 spiro atoms. The van der Waals surface area contributed by atoms with Crippen molar-refractivity contribution < 1.29 is 4.42 Å². The van der Waals surface area contributed by atoms with Crippen molar-refractivity contribution in [2.24, 2.45) is 0 Å². The Kier molecular flexibility index (Phi) is 4.38. The van der Waals surface area contributed by atoms with Gasteiger partial charge in [0.2, 0.25) is 5.89 Å². The molecule has 3 nitrogen and oxygen atoms in total. The monoisotopic (exact) mass is 314 g/mol. The molecule has 0 radical (unpaired) electrons. The van der Waals surface area contributed by atoms with Gasteiger partial charge in [-0.25, -0.2) is 0 Å². The third-order valence-corrected chi connectivity index (χ3v) is 3.76. The van der Waals surface area contributed by atoms with Gasteiger partial charge >= 0.3 is 0 Å². The lowest BCUT2D eigenvalue weighted by molar-refractivity contribution is 0.446. The number of hydrogen-bond donors (Lipinski definition) is 0. The van der Waals surface area contributed by atoms with Crippen LogP contribution < -0.4 is 0 Å². The summed E-state index contributed by atoms with van der Waals surface area (Å²) < 4.78 is 5.56. The van der Waals surface area contributed by atoms with Crippen LogP contribution in [0.5, 0.6) is 0 Å². The van der Waals surface area contributed by atoms with E-state index in [1.165, 1.54) is 11.8 Å². The van der Waals surface area contributed by atoms with Gasteiger partial charge in [-0.05, 0) is 47.7 Å². The molecule has 0 bridgehead atoms. The van der Waals surface area contributed by atoms with Gasteiger partial charge in [-0.2, -0.15) is 0 Å².